The predicted molar refractivity (Wildman–Crippen MR) is 59.0 cm³/mol. The molecule has 0 unspecified atom stereocenters. The minimum atomic E-state index is -0.564. The molecule has 82 valence electrons. The second-order valence-corrected chi connectivity index (χ2v) is 3.49. The molecule has 0 atom stereocenters. The highest BCUT2D eigenvalue weighted by atomic mass is 19.1. The molecule has 2 aromatic rings. The summed E-state index contributed by atoms with van der Waals surface area (Å²) in [5.74, 6) is -1.13. The monoisotopic (exact) mass is 219 g/mol. The number of aryl methyl sites for hydroxylation is 1. The molecule has 0 N–H and O–H groups in total. The van der Waals surface area contributed by atoms with Gasteiger partial charge in [0.2, 0.25) is 0 Å². The second kappa shape index (κ2) is 4.39. The molecule has 0 aliphatic heterocycles. The summed E-state index contributed by atoms with van der Waals surface area (Å²) in [6.45, 7) is 1.98. The van der Waals surface area contributed by atoms with Gasteiger partial charge in [-0.05, 0) is 24.6 Å². The minimum Gasteiger partial charge on any atom is -0.261 e. The Balaban J connectivity index is 2.50. The first kappa shape index (κ1) is 10.7. The van der Waals surface area contributed by atoms with E-state index in [0.717, 1.165) is 12.1 Å². The average Bonchev–Trinajstić information content (AvgIpc) is 2.30. The van der Waals surface area contributed by atoms with Crippen LogP contribution in [-0.4, -0.2) is 4.98 Å². The highest BCUT2D eigenvalue weighted by Crippen LogP contribution is 2.25. The molecule has 0 amide bonds. The number of halogens is 2. The predicted octanol–water partition coefficient (Wildman–Crippen LogP) is 3.59. The van der Waals surface area contributed by atoms with Gasteiger partial charge in [0.05, 0.1) is 5.56 Å². The van der Waals surface area contributed by atoms with Gasteiger partial charge in [0.1, 0.15) is 11.6 Å². The molecule has 16 heavy (non-hydrogen) atoms. The molecule has 1 heterocycles. The van der Waals surface area contributed by atoms with Crippen LogP contribution in [0.1, 0.15) is 12.6 Å². The van der Waals surface area contributed by atoms with Crippen LogP contribution in [0.15, 0.2) is 36.5 Å². The van der Waals surface area contributed by atoms with Crippen LogP contribution < -0.4 is 0 Å². The zero-order valence-corrected chi connectivity index (χ0v) is 8.87. The van der Waals surface area contributed by atoms with E-state index >= 15 is 0 Å². The van der Waals surface area contributed by atoms with Crippen molar-refractivity contribution in [1.82, 2.24) is 4.98 Å². The van der Waals surface area contributed by atoms with Gasteiger partial charge in [-0.2, -0.15) is 0 Å². The van der Waals surface area contributed by atoms with Crippen molar-refractivity contribution in [2.24, 2.45) is 0 Å². The first-order valence-corrected chi connectivity index (χ1v) is 5.11. The summed E-state index contributed by atoms with van der Waals surface area (Å²) in [5.41, 5.74) is 1.35. The lowest BCUT2D eigenvalue weighted by Crippen LogP contribution is -1.92. The number of nitrogens with zero attached hydrogens (tertiary/aromatic N) is 1. The maximum absolute atomic E-state index is 13.5. The van der Waals surface area contributed by atoms with E-state index in [1.807, 2.05) is 6.92 Å². The molecule has 1 aromatic carbocycles. The number of hydrogen-bond acceptors (Lipinski definition) is 1. The van der Waals surface area contributed by atoms with Gasteiger partial charge in [-0.25, -0.2) is 8.78 Å². The van der Waals surface area contributed by atoms with Gasteiger partial charge in [0.15, 0.2) is 0 Å². The Bertz CT molecular complexity index is 472. The van der Waals surface area contributed by atoms with Crippen LogP contribution in [0, 0.1) is 11.6 Å². The van der Waals surface area contributed by atoms with E-state index < -0.39 is 11.6 Å². The van der Waals surface area contributed by atoms with E-state index in [2.05, 4.69) is 4.98 Å². The topological polar surface area (TPSA) is 12.9 Å². The zero-order chi connectivity index (χ0) is 11.5. The highest BCUT2D eigenvalue weighted by molar-refractivity contribution is 5.63. The van der Waals surface area contributed by atoms with Gasteiger partial charge >= 0.3 is 0 Å². The van der Waals surface area contributed by atoms with Gasteiger partial charge in [-0.15, -0.1) is 0 Å². The Hall–Kier alpha value is -1.77. The third-order valence-electron chi connectivity index (χ3n) is 2.44. The molecular weight excluding hydrogens is 208 g/mol. The molecule has 0 bridgehead atoms. The molecule has 0 radical (unpaired) electrons. The molecule has 0 fully saturated rings. The van der Waals surface area contributed by atoms with E-state index in [4.69, 9.17) is 0 Å². The van der Waals surface area contributed by atoms with Crippen molar-refractivity contribution in [3.8, 4) is 11.1 Å². The largest absolute Gasteiger partial charge is 0.261 e. The molecule has 0 saturated carbocycles. The van der Waals surface area contributed by atoms with Crippen molar-refractivity contribution in [3.63, 3.8) is 0 Å². The zero-order valence-electron chi connectivity index (χ0n) is 8.87. The van der Waals surface area contributed by atoms with Gasteiger partial charge in [0, 0.05) is 17.5 Å². The van der Waals surface area contributed by atoms with E-state index in [-0.39, 0.29) is 5.56 Å². The van der Waals surface area contributed by atoms with Gasteiger partial charge in [0.25, 0.3) is 0 Å². The summed E-state index contributed by atoms with van der Waals surface area (Å²) in [5, 5.41) is 0. The summed E-state index contributed by atoms with van der Waals surface area (Å²) in [6.07, 6.45) is 2.31. The minimum absolute atomic E-state index is 0.0161. The van der Waals surface area contributed by atoms with E-state index in [1.54, 1.807) is 12.1 Å². The number of benzene rings is 1. The Morgan fingerprint density at radius 1 is 1.06 bits per heavy atom. The number of pyridine rings is 1. The molecule has 0 saturated heterocycles. The maximum Gasteiger partial charge on any atom is 0.134 e. The number of aromatic nitrogens is 1. The fourth-order valence-electron chi connectivity index (χ4n) is 1.56. The summed E-state index contributed by atoms with van der Waals surface area (Å²) in [7, 11) is 0. The maximum atomic E-state index is 13.5. The van der Waals surface area contributed by atoms with Crippen molar-refractivity contribution in [3.05, 3.63) is 53.9 Å². The summed E-state index contributed by atoms with van der Waals surface area (Å²) in [6, 6.07) is 7.30. The van der Waals surface area contributed by atoms with Crippen molar-refractivity contribution < 1.29 is 8.78 Å². The lowest BCUT2D eigenvalue weighted by Gasteiger charge is -2.05. The van der Waals surface area contributed by atoms with Crippen LogP contribution in [0.2, 0.25) is 0 Å². The first-order valence-electron chi connectivity index (χ1n) is 5.11. The SMILES string of the molecule is CCc1ccc(-c2c(F)cccc2F)cn1. The van der Waals surface area contributed by atoms with Crippen LogP contribution in [-0.2, 0) is 6.42 Å². The lowest BCUT2D eigenvalue weighted by molar-refractivity contribution is 0.589. The van der Waals surface area contributed by atoms with Crippen LogP contribution in [0.3, 0.4) is 0 Å². The van der Waals surface area contributed by atoms with Crippen LogP contribution in [0.4, 0.5) is 8.78 Å². The fourth-order valence-corrected chi connectivity index (χ4v) is 1.56. The lowest BCUT2D eigenvalue weighted by atomic mass is 10.1. The van der Waals surface area contributed by atoms with Crippen LogP contribution in [0.25, 0.3) is 11.1 Å². The first-order chi connectivity index (χ1) is 7.72. The summed E-state index contributed by atoms with van der Waals surface area (Å²) < 4.78 is 26.9. The normalized spacial score (nSPS) is 10.4. The van der Waals surface area contributed by atoms with Gasteiger partial charge < -0.3 is 0 Å². The Labute approximate surface area is 92.8 Å². The summed E-state index contributed by atoms with van der Waals surface area (Å²) >= 11 is 0. The highest BCUT2D eigenvalue weighted by Gasteiger charge is 2.10. The molecule has 1 aromatic heterocycles. The molecule has 1 nitrogen and oxygen atoms in total. The molecule has 0 aliphatic rings. The third-order valence-corrected chi connectivity index (χ3v) is 2.44. The molecule has 2 rings (SSSR count). The number of hydrogen-bond donors (Lipinski definition) is 0. The van der Waals surface area contributed by atoms with E-state index in [1.165, 1.54) is 24.4 Å². The van der Waals surface area contributed by atoms with Crippen LogP contribution >= 0.6 is 0 Å². The molecule has 3 heteroatoms. The Morgan fingerprint density at radius 2 is 1.75 bits per heavy atom. The van der Waals surface area contributed by atoms with Crippen molar-refractivity contribution in [1.29, 1.82) is 0 Å². The van der Waals surface area contributed by atoms with E-state index in [9.17, 15) is 8.78 Å². The standard InChI is InChI=1S/C13H11F2N/c1-2-10-7-6-9(8-16-10)13-11(14)4-3-5-12(13)15/h3-8H,2H2,1H3. The van der Waals surface area contributed by atoms with Crippen molar-refractivity contribution >= 4 is 0 Å². The van der Waals surface area contributed by atoms with Crippen LogP contribution in [0.5, 0.6) is 0 Å². The van der Waals surface area contributed by atoms with Gasteiger partial charge in [-0.1, -0.05) is 19.1 Å². The average molecular weight is 219 g/mol. The van der Waals surface area contributed by atoms with Gasteiger partial charge in [-0.3, -0.25) is 4.98 Å². The molecular formula is C13H11F2N. The number of rotatable bonds is 2. The second-order valence-electron chi connectivity index (χ2n) is 3.49. The molecule has 0 spiro atoms. The smallest absolute Gasteiger partial charge is 0.134 e. The van der Waals surface area contributed by atoms with E-state index in [0.29, 0.717) is 5.56 Å². The third kappa shape index (κ3) is 1.94. The Kier molecular flexibility index (Phi) is 2.95. The van der Waals surface area contributed by atoms with Crippen molar-refractivity contribution in [2.45, 2.75) is 13.3 Å². The Morgan fingerprint density at radius 3 is 2.25 bits per heavy atom. The fraction of sp³-hybridized carbons (Fsp3) is 0.154. The molecule has 0 aliphatic carbocycles. The van der Waals surface area contributed by atoms with Crippen molar-refractivity contribution in [2.75, 3.05) is 0 Å². The quantitative estimate of drug-likeness (QED) is 0.752. The summed E-state index contributed by atoms with van der Waals surface area (Å²) in [4.78, 5) is 4.12.